The molecule has 1 aromatic carbocycles. The van der Waals surface area contributed by atoms with Crippen molar-refractivity contribution in [1.82, 2.24) is 10.0 Å². The van der Waals surface area contributed by atoms with Gasteiger partial charge in [-0.2, -0.15) is 0 Å². The van der Waals surface area contributed by atoms with Crippen LogP contribution in [0, 0.1) is 0 Å². The Bertz CT molecular complexity index is 633. The van der Waals surface area contributed by atoms with E-state index in [-0.39, 0.29) is 6.04 Å². The topological polar surface area (TPSA) is 61.4 Å². The molecule has 0 radical (unpaired) electrons. The summed E-state index contributed by atoms with van der Waals surface area (Å²) in [6.45, 7) is 5.53. The lowest BCUT2D eigenvalue weighted by Crippen LogP contribution is -2.44. The van der Waals surface area contributed by atoms with Gasteiger partial charge >= 0.3 is 0 Å². The molecule has 1 saturated carbocycles. The lowest BCUT2D eigenvalue weighted by molar-refractivity contribution is 0.549. The molecule has 23 heavy (non-hydrogen) atoms. The number of hydrogen-bond acceptors (Lipinski definition) is 4. The number of aryl methyl sites for hydroxylation is 1. The zero-order valence-electron chi connectivity index (χ0n) is 13.8. The monoisotopic (exact) mass is 337 g/mol. The van der Waals surface area contributed by atoms with E-state index in [2.05, 4.69) is 21.9 Å². The fraction of sp³-hybridized carbons (Fsp3) is 0.647. The second kappa shape index (κ2) is 7.20. The molecule has 1 aromatic rings. The van der Waals surface area contributed by atoms with Gasteiger partial charge in [0.25, 0.3) is 0 Å². The molecule has 1 saturated heterocycles. The Morgan fingerprint density at radius 3 is 2.57 bits per heavy atom. The predicted molar refractivity (Wildman–Crippen MR) is 93.5 cm³/mol. The van der Waals surface area contributed by atoms with Crippen molar-refractivity contribution < 1.29 is 8.42 Å². The number of piperazine rings is 1. The Hall–Kier alpha value is -1.11. The lowest BCUT2D eigenvalue weighted by atomic mass is 10.1. The maximum Gasteiger partial charge on any atom is 0.242 e. The summed E-state index contributed by atoms with van der Waals surface area (Å²) in [6, 6.07) is 5.98. The van der Waals surface area contributed by atoms with Crippen LogP contribution in [0.4, 0.5) is 5.69 Å². The van der Waals surface area contributed by atoms with E-state index in [0.29, 0.717) is 4.90 Å². The summed E-state index contributed by atoms with van der Waals surface area (Å²) >= 11 is 0. The Labute approximate surface area is 139 Å². The lowest BCUT2D eigenvalue weighted by Gasteiger charge is -2.31. The molecule has 0 atom stereocenters. The molecule has 0 bridgehead atoms. The maximum atomic E-state index is 13.0. The highest BCUT2D eigenvalue weighted by Crippen LogP contribution is 2.29. The van der Waals surface area contributed by atoms with Crippen LogP contribution in [0.15, 0.2) is 23.1 Å². The largest absolute Gasteiger partial charge is 0.368 e. The van der Waals surface area contributed by atoms with E-state index in [4.69, 9.17) is 0 Å². The maximum absolute atomic E-state index is 13.0. The van der Waals surface area contributed by atoms with E-state index in [9.17, 15) is 8.42 Å². The Kier molecular flexibility index (Phi) is 5.24. The zero-order chi connectivity index (χ0) is 16.3. The second-order valence-corrected chi connectivity index (χ2v) is 8.18. The summed E-state index contributed by atoms with van der Waals surface area (Å²) in [5, 5.41) is 3.32. The third-order valence-corrected chi connectivity index (χ3v) is 6.41. The van der Waals surface area contributed by atoms with Gasteiger partial charge < -0.3 is 10.2 Å². The second-order valence-electron chi connectivity index (χ2n) is 6.50. The van der Waals surface area contributed by atoms with Crippen LogP contribution in [-0.2, 0) is 16.4 Å². The fourth-order valence-electron chi connectivity index (χ4n) is 3.49. The minimum atomic E-state index is -3.47. The van der Waals surface area contributed by atoms with Gasteiger partial charge in [-0.1, -0.05) is 25.8 Å². The number of anilines is 1. The summed E-state index contributed by atoms with van der Waals surface area (Å²) in [5.41, 5.74) is 1.91. The first-order valence-corrected chi connectivity index (χ1v) is 10.2. The third kappa shape index (κ3) is 3.87. The van der Waals surface area contributed by atoms with Crippen molar-refractivity contribution in [1.29, 1.82) is 0 Å². The number of nitrogens with zero attached hydrogens (tertiary/aromatic N) is 1. The molecule has 0 aromatic heterocycles. The van der Waals surface area contributed by atoms with Crippen molar-refractivity contribution in [2.75, 3.05) is 31.1 Å². The molecule has 128 valence electrons. The Morgan fingerprint density at radius 2 is 1.91 bits per heavy atom. The fourth-order valence-corrected chi connectivity index (χ4v) is 5.07. The molecule has 0 spiro atoms. The molecular formula is C17H27N3O2S. The average molecular weight is 337 g/mol. The van der Waals surface area contributed by atoms with Gasteiger partial charge in [0.2, 0.25) is 10.0 Å². The van der Waals surface area contributed by atoms with Crippen LogP contribution in [0.25, 0.3) is 0 Å². The van der Waals surface area contributed by atoms with Gasteiger partial charge in [-0.25, -0.2) is 13.1 Å². The van der Waals surface area contributed by atoms with Crippen LogP contribution in [-0.4, -0.2) is 40.6 Å². The van der Waals surface area contributed by atoms with E-state index in [0.717, 1.165) is 69.5 Å². The highest BCUT2D eigenvalue weighted by atomic mass is 32.2. The normalized spacial score (nSPS) is 20.1. The van der Waals surface area contributed by atoms with Gasteiger partial charge in [0, 0.05) is 32.2 Å². The van der Waals surface area contributed by atoms with Gasteiger partial charge in [0.05, 0.1) is 5.69 Å². The van der Waals surface area contributed by atoms with Gasteiger partial charge in [-0.05, 0) is 37.0 Å². The van der Waals surface area contributed by atoms with E-state index in [1.54, 1.807) is 0 Å². The van der Waals surface area contributed by atoms with E-state index >= 15 is 0 Å². The van der Waals surface area contributed by atoms with Crippen LogP contribution in [0.1, 0.15) is 38.2 Å². The number of hydrogen-bond donors (Lipinski definition) is 2. The van der Waals surface area contributed by atoms with E-state index < -0.39 is 10.0 Å². The summed E-state index contributed by atoms with van der Waals surface area (Å²) in [5.74, 6) is 0. The minimum Gasteiger partial charge on any atom is -0.368 e. The molecule has 1 aliphatic carbocycles. The highest BCUT2D eigenvalue weighted by Gasteiger charge is 2.27. The smallest absolute Gasteiger partial charge is 0.242 e. The molecular weight excluding hydrogens is 310 g/mol. The van der Waals surface area contributed by atoms with Crippen LogP contribution in [0.2, 0.25) is 0 Å². The van der Waals surface area contributed by atoms with Crippen LogP contribution < -0.4 is 14.9 Å². The SMILES string of the molecule is CCc1ccc(N2CCNCC2)c(S(=O)(=O)NC2CCCC2)c1. The Morgan fingerprint density at radius 1 is 1.22 bits per heavy atom. The third-order valence-electron chi connectivity index (χ3n) is 4.86. The van der Waals surface area contributed by atoms with Crippen molar-refractivity contribution >= 4 is 15.7 Å². The predicted octanol–water partition coefficient (Wildman–Crippen LogP) is 1.88. The first-order chi connectivity index (χ1) is 11.1. The molecule has 0 amide bonds. The quantitative estimate of drug-likeness (QED) is 0.861. The number of rotatable bonds is 5. The minimum absolute atomic E-state index is 0.0983. The van der Waals surface area contributed by atoms with Crippen LogP contribution in [0.3, 0.4) is 0 Å². The van der Waals surface area contributed by atoms with Crippen molar-refractivity contribution in [3.05, 3.63) is 23.8 Å². The summed E-state index contributed by atoms with van der Waals surface area (Å²) in [4.78, 5) is 2.63. The first kappa shape index (κ1) is 16.7. The average Bonchev–Trinajstić information content (AvgIpc) is 3.07. The van der Waals surface area contributed by atoms with Crippen molar-refractivity contribution in [3.63, 3.8) is 0 Å². The highest BCUT2D eigenvalue weighted by molar-refractivity contribution is 7.89. The number of nitrogens with one attached hydrogen (secondary N) is 2. The molecule has 0 unspecified atom stereocenters. The van der Waals surface area contributed by atoms with E-state index in [1.807, 2.05) is 18.2 Å². The summed E-state index contributed by atoms with van der Waals surface area (Å²) in [6.07, 6.45) is 4.98. The van der Waals surface area contributed by atoms with Gasteiger partial charge in [0.1, 0.15) is 4.90 Å². The van der Waals surface area contributed by atoms with Crippen molar-refractivity contribution in [2.24, 2.45) is 0 Å². The Balaban J connectivity index is 1.93. The molecule has 2 aliphatic rings. The van der Waals surface area contributed by atoms with Crippen LogP contribution >= 0.6 is 0 Å². The molecule has 5 nitrogen and oxygen atoms in total. The van der Waals surface area contributed by atoms with Gasteiger partial charge in [-0.15, -0.1) is 0 Å². The molecule has 6 heteroatoms. The van der Waals surface area contributed by atoms with Gasteiger partial charge in [0.15, 0.2) is 0 Å². The molecule has 1 heterocycles. The number of sulfonamides is 1. The van der Waals surface area contributed by atoms with Crippen molar-refractivity contribution in [3.8, 4) is 0 Å². The summed E-state index contributed by atoms with van der Waals surface area (Å²) < 4.78 is 28.9. The van der Waals surface area contributed by atoms with Crippen molar-refractivity contribution in [2.45, 2.75) is 50.0 Å². The molecule has 2 fully saturated rings. The molecule has 1 aliphatic heterocycles. The van der Waals surface area contributed by atoms with Crippen LogP contribution in [0.5, 0.6) is 0 Å². The summed E-state index contributed by atoms with van der Waals surface area (Å²) in [7, 11) is -3.47. The molecule has 3 rings (SSSR count). The van der Waals surface area contributed by atoms with Gasteiger partial charge in [-0.3, -0.25) is 0 Å². The molecule has 2 N–H and O–H groups in total. The number of benzene rings is 1. The first-order valence-electron chi connectivity index (χ1n) is 8.71. The van der Waals surface area contributed by atoms with E-state index in [1.165, 1.54) is 0 Å². The standard InChI is InChI=1S/C17H27N3O2S/c1-2-14-7-8-16(20-11-9-18-10-12-20)17(13-14)23(21,22)19-15-5-3-4-6-15/h7-8,13,15,18-19H,2-6,9-12H2,1H3. The zero-order valence-corrected chi connectivity index (χ0v) is 14.7.